The molecule has 26 heavy (non-hydrogen) atoms. The number of piperidine rings is 1. The summed E-state index contributed by atoms with van der Waals surface area (Å²) in [6.45, 7) is 2.03. The van der Waals surface area contributed by atoms with E-state index >= 15 is 0 Å². The van der Waals surface area contributed by atoms with Crippen molar-refractivity contribution >= 4 is 22.2 Å². The quantitative estimate of drug-likeness (QED) is 0.452. The van der Waals surface area contributed by atoms with Gasteiger partial charge < -0.3 is 20.7 Å². The van der Waals surface area contributed by atoms with Gasteiger partial charge in [0, 0.05) is 28.6 Å². The maximum absolute atomic E-state index is 9.80. The lowest BCUT2D eigenvalue weighted by Gasteiger charge is -2.24. The maximum atomic E-state index is 9.80. The van der Waals surface area contributed by atoms with E-state index in [1.165, 1.54) is 0 Å². The molecule has 3 aromatic heterocycles. The van der Waals surface area contributed by atoms with Crippen molar-refractivity contribution in [2.75, 3.05) is 18.4 Å². The molecule has 1 saturated heterocycles. The van der Waals surface area contributed by atoms with E-state index < -0.39 is 0 Å². The zero-order valence-electron chi connectivity index (χ0n) is 14.1. The molecule has 4 aromatic rings. The van der Waals surface area contributed by atoms with E-state index in [0.29, 0.717) is 6.04 Å². The van der Waals surface area contributed by atoms with Gasteiger partial charge in [-0.1, -0.05) is 6.07 Å². The summed E-state index contributed by atoms with van der Waals surface area (Å²) in [5.74, 6) is 0.940. The predicted molar refractivity (Wildman–Crippen MR) is 99.3 cm³/mol. The van der Waals surface area contributed by atoms with Crippen LogP contribution in [0.5, 0.6) is 5.88 Å². The summed E-state index contributed by atoms with van der Waals surface area (Å²) in [6.07, 6.45) is 7.29. The van der Waals surface area contributed by atoms with Gasteiger partial charge in [-0.15, -0.1) is 0 Å². The van der Waals surface area contributed by atoms with Gasteiger partial charge in [0.25, 0.3) is 0 Å². The second-order valence-corrected chi connectivity index (χ2v) is 6.60. The van der Waals surface area contributed by atoms with Crippen molar-refractivity contribution in [3.05, 3.63) is 36.9 Å². The largest absolute Gasteiger partial charge is 0.494 e. The standard InChI is InChI=1S/C18H19N7O/c26-18-14-2-1-11(7-12(14)8-21-18)15-9-20-16(17-22-10-23-25(15)17)24-13-3-5-19-6-4-13/h1-2,7-10,13,19,21,26H,3-6H2,(H,20,24). The van der Waals surface area contributed by atoms with Crippen LogP contribution in [0.3, 0.4) is 0 Å². The lowest BCUT2D eigenvalue weighted by molar-refractivity contribution is 0.462. The number of H-pyrrole nitrogens is 1. The van der Waals surface area contributed by atoms with Crippen LogP contribution in [-0.4, -0.2) is 48.8 Å². The van der Waals surface area contributed by atoms with Gasteiger partial charge in [-0.3, -0.25) is 0 Å². The average Bonchev–Trinajstić information content (AvgIpc) is 3.30. The molecule has 1 aromatic carbocycles. The van der Waals surface area contributed by atoms with Gasteiger partial charge in [0.2, 0.25) is 0 Å². The van der Waals surface area contributed by atoms with Gasteiger partial charge in [-0.2, -0.15) is 5.10 Å². The first-order valence-electron chi connectivity index (χ1n) is 8.76. The number of nitrogens with zero attached hydrogens (tertiary/aromatic N) is 4. The highest BCUT2D eigenvalue weighted by Crippen LogP contribution is 2.29. The molecule has 0 atom stereocenters. The van der Waals surface area contributed by atoms with E-state index in [-0.39, 0.29) is 5.88 Å². The second kappa shape index (κ2) is 5.99. The van der Waals surface area contributed by atoms with E-state index in [1.54, 1.807) is 12.5 Å². The molecule has 0 amide bonds. The third-order valence-electron chi connectivity index (χ3n) is 4.95. The van der Waals surface area contributed by atoms with E-state index in [9.17, 15) is 5.11 Å². The number of hydrogen-bond donors (Lipinski definition) is 4. The summed E-state index contributed by atoms with van der Waals surface area (Å²) in [5, 5.41) is 22.8. The molecule has 132 valence electrons. The lowest BCUT2D eigenvalue weighted by Crippen LogP contribution is -2.35. The topological polar surface area (TPSA) is 103 Å². The van der Waals surface area contributed by atoms with Gasteiger partial charge in [-0.25, -0.2) is 14.5 Å². The van der Waals surface area contributed by atoms with Crippen molar-refractivity contribution < 1.29 is 5.11 Å². The van der Waals surface area contributed by atoms with E-state index in [2.05, 4.69) is 30.7 Å². The molecule has 8 nitrogen and oxygen atoms in total. The van der Waals surface area contributed by atoms with Crippen molar-refractivity contribution in [2.45, 2.75) is 18.9 Å². The zero-order valence-corrected chi connectivity index (χ0v) is 14.1. The molecular weight excluding hydrogens is 330 g/mol. The predicted octanol–water partition coefficient (Wildman–Crippen LogP) is 2.14. The van der Waals surface area contributed by atoms with Gasteiger partial charge in [0.1, 0.15) is 6.33 Å². The summed E-state index contributed by atoms with van der Waals surface area (Å²) in [7, 11) is 0. The fraction of sp³-hybridized carbons (Fsp3) is 0.278. The Labute approximate surface area is 149 Å². The van der Waals surface area contributed by atoms with Gasteiger partial charge in [0.15, 0.2) is 17.3 Å². The lowest BCUT2D eigenvalue weighted by atomic mass is 10.1. The maximum Gasteiger partial charge on any atom is 0.198 e. The summed E-state index contributed by atoms with van der Waals surface area (Å²) in [4.78, 5) is 11.9. The SMILES string of the molecule is Oc1[nH]cc2cc(-c3cnc(NC4CCNCC4)c4ncnn34)ccc12. The Kier molecular flexibility index (Phi) is 3.49. The summed E-state index contributed by atoms with van der Waals surface area (Å²) in [6, 6.07) is 6.24. The highest BCUT2D eigenvalue weighted by molar-refractivity contribution is 5.91. The minimum absolute atomic E-state index is 0.178. The van der Waals surface area contributed by atoms with Gasteiger partial charge >= 0.3 is 0 Å². The molecule has 1 fully saturated rings. The Bertz CT molecular complexity index is 1080. The Morgan fingerprint density at radius 1 is 1.19 bits per heavy atom. The molecule has 4 heterocycles. The van der Waals surface area contributed by atoms with Crippen LogP contribution in [0.1, 0.15) is 12.8 Å². The molecule has 0 bridgehead atoms. The van der Waals surface area contributed by atoms with Crippen molar-refractivity contribution in [1.82, 2.24) is 29.9 Å². The van der Waals surface area contributed by atoms with E-state index in [0.717, 1.165) is 59.4 Å². The monoisotopic (exact) mass is 349 g/mol. The Morgan fingerprint density at radius 2 is 2.08 bits per heavy atom. The Hall–Kier alpha value is -3.13. The molecule has 4 N–H and O–H groups in total. The number of rotatable bonds is 3. The third kappa shape index (κ3) is 2.46. The van der Waals surface area contributed by atoms with Crippen LogP contribution in [0.25, 0.3) is 27.7 Å². The average molecular weight is 349 g/mol. The molecule has 8 heteroatoms. The number of nitrogens with one attached hydrogen (secondary N) is 3. The first-order valence-corrected chi connectivity index (χ1v) is 8.76. The fourth-order valence-corrected chi connectivity index (χ4v) is 3.56. The zero-order chi connectivity index (χ0) is 17.5. The van der Waals surface area contributed by atoms with E-state index in [1.807, 2.05) is 28.9 Å². The van der Waals surface area contributed by atoms with Crippen LogP contribution in [0.2, 0.25) is 0 Å². The van der Waals surface area contributed by atoms with Gasteiger partial charge in [-0.05, 0) is 38.1 Å². The van der Waals surface area contributed by atoms with Crippen LogP contribution < -0.4 is 10.6 Å². The number of aromatic amines is 1. The van der Waals surface area contributed by atoms with Crippen LogP contribution in [0.4, 0.5) is 5.82 Å². The van der Waals surface area contributed by atoms with Crippen LogP contribution in [-0.2, 0) is 0 Å². The highest BCUT2D eigenvalue weighted by atomic mass is 16.3. The summed E-state index contributed by atoms with van der Waals surface area (Å²) in [5.41, 5.74) is 2.54. The number of aromatic hydroxyl groups is 1. The van der Waals surface area contributed by atoms with Crippen LogP contribution >= 0.6 is 0 Å². The molecule has 1 aliphatic heterocycles. The van der Waals surface area contributed by atoms with Crippen molar-refractivity contribution in [3.8, 4) is 17.1 Å². The number of fused-ring (bicyclic) bond motifs is 2. The number of benzene rings is 1. The Morgan fingerprint density at radius 3 is 2.96 bits per heavy atom. The highest BCUT2D eigenvalue weighted by Gasteiger charge is 2.17. The van der Waals surface area contributed by atoms with Crippen LogP contribution in [0, 0.1) is 0 Å². The normalized spacial score (nSPS) is 15.7. The first-order chi connectivity index (χ1) is 12.8. The number of aromatic nitrogens is 5. The van der Waals surface area contributed by atoms with Crippen molar-refractivity contribution in [3.63, 3.8) is 0 Å². The van der Waals surface area contributed by atoms with E-state index in [4.69, 9.17) is 0 Å². The second-order valence-electron chi connectivity index (χ2n) is 6.60. The smallest absolute Gasteiger partial charge is 0.198 e. The minimum Gasteiger partial charge on any atom is -0.494 e. The van der Waals surface area contributed by atoms with Crippen molar-refractivity contribution in [2.24, 2.45) is 0 Å². The van der Waals surface area contributed by atoms with Crippen LogP contribution in [0.15, 0.2) is 36.9 Å². The molecule has 0 aliphatic carbocycles. The fourth-order valence-electron chi connectivity index (χ4n) is 3.56. The summed E-state index contributed by atoms with van der Waals surface area (Å²) < 4.78 is 1.81. The molecule has 5 rings (SSSR count). The minimum atomic E-state index is 0.178. The van der Waals surface area contributed by atoms with Crippen molar-refractivity contribution in [1.29, 1.82) is 0 Å². The number of anilines is 1. The molecule has 0 radical (unpaired) electrons. The first kappa shape index (κ1) is 15.2. The summed E-state index contributed by atoms with van der Waals surface area (Å²) >= 11 is 0. The molecular formula is C18H19N7O. The van der Waals surface area contributed by atoms with Gasteiger partial charge in [0.05, 0.1) is 11.9 Å². The molecule has 0 spiro atoms. The molecule has 0 saturated carbocycles. The molecule has 0 unspecified atom stereocenters. The Balaban J connectivity index is 1.56. The third-order valence-corrected chi connectivity index (χ3v) is 4.95. The molecule has 1 aliphatic rings. The number of hydrogen-bond acceptors (Lipinski definition) is 6.